The van der Waals surface area contributed by atoms with E-state index >= 15 is 0 Å². The van der Waals surface area contributed by atoms with Gasteiger partial charge in [-0.3, -0.25) is 9.59 Å². The lowest BCUT2D eigenvalue weighted by Crippen LogP contribution is -2.26. The van der Waals surface area contributed by atoms with Gasteiger partial charge in [-0.15, -0.1) is 0 Å². The molecule has 0 spiro atoms. The van der Waals surface area contributed by atoms with Crippen LogP contribution >= 0.6 is 0 Å². The number of rotatable bonds is 7. The maximum absolute atomic E-state index is 11.8. The smallest absolute Gasteiger partial charge is 0.303 e. The van der Waals surface area contributed by atoms with Crippen LogP contribution in [0, 0.1) is 11.3 Å². The molecule has 1 heterocycles. The summed E-state index contributed by atoms with van der Waals surface area (Å²) in [6.07, 6.45) is 3.16. The van der Waals surface area contributed by atoms with Gasteiger partial charge in [0.05, 0.1) is 17.4 Å². The van der Waals surface area contributed by atoms with E-state index in [9.17, 15) is 9.59 Å². The van der Waals surface area contributed by atoms with Crippen molar-refractivity contribution in [2.24, 2.45) is 0 Å². The second kappa shape index (κ2) is 7.61. The number of carboxylic acids is 1. The molecule has 1 aromatic heterocycles. The molecule has 0 aliphatic carbocycles. The van der Waals surface area contributed by atoms with Crippen molar-refractivity contribution in [3.8, 4) is 6.07 Å². The molecule has 0 aliphatic rings. The highest BCUT2D eigenvalue weighted by Gasteiger charge is 2.08. The summed E-state index contributed by atoms with van der Waals surface area (Å²) < 4.78 is 0. The standard InChI is InChI=1S/C15H15N5O3/c16-7-10(15(23)17-5-1-2-14(21)22)8-18-11-3-4-12-13(6-11)20-9-19-12/h3-4,6,8-9,18H,1-2,5H2,(H,17,23)(H,19,20)(H,21,22)/b10-8-. The van der Waals surface area contributed by atoms with Gasteiger partial charge in [0.25, 0.3) is 5.91 Å². The Balaban J connectivity index is 1.93. The SMILES string of the molecule is N#C/C(=C/Nc1ccc2nc[nH]c2c1)C(=O)NCCCC(=O)O. The maximum Gasteiger partial charge on any atom is 0.303 e. The number of aromatic amines is 1. The molecule has 8 nitrogen and oxygen atoms in total. The molecule has 0 radical (unpaired) electrons. The van der Waals surface area contributed by atoms with Gasteiger partial charge >= 0.3 is 5.97 Å². The zero-order chi connectivity index (χ0) is 16.7. The largest absolute Gasteiger partial charge is 0.481 e. The molecule has 0 aliphatic heterocycles. The number of H-pyrrole nitrogens is 1. The normalized spacial score (nSPS) is 11.0. The van der Waals surface area contributed by atoms with Gasteiger partial charge in [0.15, 0.2) is 0 Å². The van der Waals surface area contributed by atoms with Crippen LogP contribution in [0.5, 0.6) is 0 Å². The monoisotopic (exact) mass is 313 g/mol. The van der Waals surface area contributed by atoms with Crippen LogP contribution in [0.1, 0.15) is 12.8 Å². The minimum Gasteiger partial charge on any atom is -0.481 e. The molecule has 0 atom stereocenters. The Kier molecular flexibility index (Phi) is 5.30. The van der Waals surface area contributed by atoms with E-state index in [0.29, 0.717) is 12.1 Å². The number of benzene rings is 1. The third-order valence-corrected chi connectivity index (χ3v) is 3.02. The van der Waals surface area contributed by atoms with Crippen LogP contribution in [-0.4, -0.2) is 33.5 Å². The van der Waals surface area contributed by atoms with Gasteiger partial charge in [0.2, 0.25) is 0 Å². The highest BCUT2D eigenvalue weighted by Crippen LogP contribution is 2.15. The van der Waals surface area contributed by atoms with Crippen molar-refractivity contribution in [2.75, 3.05) is 11.9 Å². The van der Waals surface area contributed by atoms with E-state index < -0.39 is 11.9 Å². The number of nitrogens with one attached hydrogen (secondary N) is 3. The first-order valence-corrected chi connectivity index (χ1v) is 6.90. The highest BCUT2D eigenvalue weighted by atomic mass is 16.4. The Hall–Kier alpha value is -3.34. The molecule has 1 amide bonds. The molecular weight excluding hydrogens is 298 g/mol. The van der Waals surface area contributed by atoms with E-state index in [0.717, 1.165) is 11.0 Å². The van der Waals surface area contributed by atoms with Gasteiger partial charge in [-0.2, -0.15) is 5.26 Å². The summed E-state index contributed by atoms with van der Waals surface area (Å²) in [6, 6.07) is 7.19. The van der Waals surface area contributed by atoms with E-state index in [1.165, 1.54) is 6.20 Å². The third-order valence-electron chi connectivity index (χ3n) is 3.02. The first-order valence-electron chi connectivity index (χ1n) is 6.90. The first kappa shape index (κ1) is 16.0. The van der Waals surface area contributed by atoms with Crippen molar-refractivity contribution in [3.63, 3.8) is 0 Å². The quantitative estimate of drug-likeness (QED) is 0.347. The van der Waals surface area contributed by atoms with Crippen molar-refractivity contribution >= 4 is 28.6 Å². The van der Waals surface area contributed by atoms with E-state index in [1.54, 1.807) is 30.6 Å². The van der Waals surface area contributed by atoms with Gasteiger partial charge in [-0.05, 0) is 24.6 Å². The Morgan fingerprint density at radius 1 is 1.43 bits per heavy atom. The summed E-state index contributed by atoms with van der Waals surface area (Å²) >= 11 is 0. The van der Waals surface area contributed by atoms with Gasteiger partial charge in [-0.25, -0.2) is 4.98 Å². The number of nitrogens with zero attached hydrogens (tertiary/aromatic N) is 2. The Morgan fingerprint density at radius 3 is 3.00 bits per heavy atom. The van der Waals surface area contributed by atoms with Gasteiger partial charge in [0.1, 0.15) is 11.6 Å². The minimum absolute atomic E-state index is 0.0334. The molecule has 0 saturated carbocycles. The number of fused-ring (bicyclic) bond motifs is 1. The fraction of sp³-hybridized carbons (Fsp3) is 0.200. The van der Waals surface area contributed by atoms with Crippen molar-refractivity contribution in [3.05, 3.63) is 36.3 Å². The van der Waals surface area contributed by atoms with Crippen LogP contribution in [0.4, 0.5) is 5.69 Å². The predicted molar refractivity (Wildman–Crippen MR) is 83.3 cm³/mol. The average molecular weight is 313 g/mol. The molecule has 0 fully saturated rings. The number of hydrogen-bond acceptors (Lipinski definition) is 5. The molecule has 0 unspecified atom stereocenters. The summed E-state index contributed by atoms with van der Waals surface area (Å²) in [5.41, 5.74) is 2.26. The van der Waals surface area contributed by atoms with E-state index in [4.69, 9.17) is 10.4 Å². The number of imidazole rings is 1. The summed E-state index contributed by atoms with van der Waals surface area (Å²) in [5, 5.41) is 22.9. The minimum atomic E-state index is -0.925. The van der Waals surface area contributed by atoms with Crippen LogP contribution in [0.2, 0.25) is 0 Å². The zero-order valence-electron chi connectivity index (χ0n) is 12.2. The lowest BCUT2D eigenvalue weighted by molar-refractivity contribution is -0.137. The van der Waals surface area contributed by atoms with Gasteiger partial charge in [0, 0.05) is 24.9 Å². The molecule has 2 rings (SSSR count). The molecule has 0 saturated heterocycles. The molecular formula is C15H15N5O3. The number of carbonyl (C=O) groups excluding carboxylic acids is 1. The molecule has 0 bridgehead atoms. The van der Waals surface area contributed by atoms with Crippen LogP contribution < -0.4 is 10.6 Å². The second-order valence-electron chi connectivity index (χ2n) is 4.70. The number of aliphatic carboxylic acids is 1. The van der Waals surface area contributed by atoms with Crippen LogP contribution in [-0.2, 0) is 9.59 Å². The molecule has 23 heavy (non-hydrogen) atoms. The fourth-order valence-corrected chi connectivity index (χ4v) is 1.87. The average Bonchev–Trinajstić information content (AvgIpc) is 2.99. The van der Waals surface area contributed by atoms with Gasteiger partial charge < -0.3 is 20.7 Å². The number of nitriles is 1. The van der Waals surface area contributed by atoms with Crippen molar-refractivity contribution in [1.29, 1.82) is 5.26 Å². The van der Waals surface area contributed by atoms with Gasteiger partial charge in [-0.1, -0.05) is 0 Å². The number of carbonyl (C=O) groups is 2. The number of hydrogen-bond donors (Lipinski definition) is 4. The van der Waals surface area contributed by atoms with Crippen LogP contribution in [0.25, 0.3) is 11.0 Å². The van der Waals surface area contributed by atoms with E-state index in [1.807, 2.05) is 0 Å². The van der Waals surface area contributed by atoms with Crippen molar-refractivity contribution < 1.29 is 14.7 Å². The summed E-state index contributed by atoms with van der Waals surface area (Å²) in [4.78, 5) is 29.2. The molecule has 4 N–H and O–H groups in total. The lowest BCUT2D eigenvalue weighted by atomic mass is 10.2. The lowest BCUT2D eigenvalue weighted by Gasteiger charge is -2.04. The number of amides is 1. The maximum atomic E-state index is 11.8. The van der Waals surface area contributed by atoms with Crippen LogP contribution in [0.3, 0.4) is 0 Å². The first-order chi connectivity index (χ1) is 11.1. The number of aromatic nitrogens is 2. The number of anilines is 1. The van der Waals surface area contributed by atoms with E-state index in [-0.39, 0.29) is 18.5 Å². The molecule has 8 heteroatoms. The zero-order valence-corrected chi connectivity index (χ0v) is 12.2. The Bertz CT molecular complexity index is 788. The Morgan fingerprint density at radius 2 is 2.26 bits per heavy atom. The third kappa shape index (κ3) is 4.57. The summed E-state index contributed by atoms with van der Waals surface area (Å²) in [7, 11) is 0. The van der Waals surface area contributed by atoms with Crippen LogP contribution in [0.15, 0.2) is 36.3 Å². The topological polar surface area (TPSA) is 131 Å². The molecule has 2 aromatic rings. The highest BCUT2D eigenvalue weighted by molar-refractivity contribution is 5.97. The summed E-state index contributed by atoms with van der Waals surface area (Å²) in [6.45, 7) is 0.199. The van der Waals surface area contributed by atoms with Crippen molar-refractivity contribution in [2.45, 2.75) is 12.8 Å². The van der Waals surface area contributed by atoms with Crippen molar-refractivity contribution in [1.82, 2.24) is 15.3 Å². The predicted octanol–water partition coefficient (Wildman–Crippen LogP) is 1.36. The fourth-order valence-electron chi connectivity index (χ4n) is 1.87. The molecule has 118 valence electrons. The summed E-state index contributed by atoms with van der Waals surface area (Å²) in [5.74, 6) is -1.47. The molecule has 1 aromatic carbocycles. The second-order valence-corrected chi connectivity index (χ2v) is 4.70. The number of carboxylic acid groups (broad SMARTS) is 1. The van der Waals surface area contributed by atoms with E-state index in [2.05, 4.69) is 20.6 Å². The Labute approximate surface area is 131 Å².